The number of sulfonamides is 1. The quantitative estimate of drug-likeness (QED) is 0.755. The van der Waals surface area contributed by atoms with E-state index in [0.29, 0.717) is 0 Å². The van der Waals surface area contributed by atoms with Crippen molar-refractivity contribution in [2.45, 2.75) is 4.90 Å². The molecule has 0 bridgehead atoms. The fraction of sp³-hybridized carbons (Fsp3) is 0.286. The standard InChI is InChI=1S/C7H10N2O4S/c1-12-5-4-9-7(13-2)3-6(5)14(8,10)11/h3-4H,1-2H3,(H2,8,10,11). The van der Waals surface area contributed by atoms with E-state index >= 15 is 0 Å². The lowest BCUT2D eigenvalue weighted by Gasteiger charge is -2.06. The van der Waals surface area contributed by atoms with Crippen molar-refractivity contribution >= 4 is 10.0 Å². The van der Waals surface area contributed by atoms with E-state index in [-0.39, 0.29) is 16.5 Å². The van der Waals surface area contributed by atoms with Gasteiger partial charge in [0.25, 0.3) is 0 Å². The van der Waals surface area contributed by atoms with Gasteiger partial charge in [-0.15, -0.1) is 0 Å². The molecule has 0 atom stereocenters. The number of hydrogen-bond acceptors (Lipinski definition) is 5. The first-order valence-electron chi connectivity index (χ1n) is 3.60. The molecule has 1 aromatic heterocycles. The third kappa shape index (κ3) is 2.12. The molecule has 1 aromatic rings. The molecule has 0 saturated carbocycles. The van der Waals surface area contributed by atoms with Crippen molar-refractivity contribution in [3.05, 3.63) is 12.3 Å². The van der Waals surface area contributed by atoms with Gasteiger partial charge in [0.05, 0.1) is 20.4 Å². The maximum absolute atomic E-state index is 11.1. The zero-order chi connectivity index (χ0) is 10.8. The molecule has 0 aliphatic rings. The molecule has 0 aliphatic carbocycles. The first-order valence-corrected chi connectivity index (χ1v) is 5.14. The first-order chi connectivity index (χ1) is 6.49. The molecule has 78 valence electrons. The summed E-state index contributed by atoms with van der Waals surface area (Å²) in [6.07, 6.45) is 1.23. The molecule has 7 heteroatoms. The molecule has 2 N–H and O–H groups in total. The molecule has 0 aromatic carbocycles. The van der Waals surface area contributed by atoms with Crippen molar-refractivity contribution in [3.8, 4) is 11.6 Å². The topological polar surface area (TPSA) is 91.5 Å². The minimum absolute atomic E-state index is 0.0910. The van der Waals surface area contributed by atoms with E-state index < -0.39 is 10.0 Å². The van der Waals surface area contributed by atoms with Gasteiger partial charge in [-0.3, -0.25) is 0 Å². The predicted octanol–water partition coefficient (Wildman–Crippen LogP) is -0.254. The van der Waals surface area contributed by atoms with E-state index in [4.69, 9.17) is 14.6 Å². The monoisotopic (exact) mass is 218 g/mol. The van der Waals surface area contributed by atoms with E-state index in [1.54, 1.807) is 0 Å². The van der Waals surface area contributed by atoms with E-state index in [1.807, 2.05) is 0 Å². The van der Waals surface area contributed by atoms with Crippen LogP contribution in [0.3, 0.4) is 0 Å². The number of nitrogens with two attached hydrogens (primary N) is 1. The molecule has 0 spiro atoms. The van der Waals surface area contributed by atoms with Crippen molar-refractivity contribution < 1.29 is 17.9 Å². The highest BCUT2D eigenvalue weighted by molar-refractivity contribution is 7.89. The van der Waals surface area contributed by atoms with Crippen LogP contribution in [0.2, 0.25) is 0 Å². The summed E-state index contributed by atoms with van der Waals surface area (Å²) in [5.41, 5.74) is 0. The second-order valence-electron chi connectivity index (χ2n) is 2.42. The van der Waals surface area contributed by atoms with Crippen LogP contribution >= 0.6 is 0 Å². The van der Waals surface area contributed by atoms with Crippen molar-refractivity contribution in [2.75, 3.05) is 14.2 Å². The summed E-state index contributed by atoms with van der Waals surface area (Å²) in [6, 6.07) is 1.20. The zero-order valence-electron chi connectivity index (χ0n) is 7.72. The fourth-order valence-electron chi connectivity index (χ4n) is 0.894. The van der Waals surface area contributed by atoms with Crippen LogP contribution in [0.4, 0.5) is 0 Å². The smallest absolute Gasteiger partial charge is 0.241 e. The van der Waals surface area contributed by atoms with Crippen molar-refractivity contribution in [1.29, 1.82) is 0 Å². The van der Waals surface area contributed by atoms with Gasteiger partial charge in [-0.1, -0.05) is 0 Å². The van der Waals surface area contributed by atoms with Gasteiger partial charge in [0.1, 0.15) is 4.90 Å². The van der Waals surface area contributed by atoms with Gasteiger partial charge < -0.3 is 9.47 Å². The molecular formula is C7H10N2O4S. The maximum atomic E-state index is 11.1. The Kier molecular flexibility index (Phi) is 2.92. The Morgan fingerprint density at radius 3 is 2.43 bits per heavy atom. The Hall–Kier alpha value is -1.34. The third-order valence-corrected chi connectivity index (χ3v) is 2.47. The van der Waals surface area contributed by atoms with E-state index in [1.165, 1.54) is 26.5 Å². The average Bonchev–Trinajstić information content (AvgIpc) is 2.15. The normalized spacial score (nSPS) is 11.1. The van der Waals surface area contributed by atoms with Crippen molar-refractivity contribution in [1.82, 2.24) is 4.98 Å². The molecule has 0 aliphatic heterocycles. The van der Waals surface area contributed by atoms with Gasteiger partial charge in [0.15, 0.2) is 5.75 Å². The molecular weight excluding hydrogens is 208 g/mol. The van der Waals surface area contributed by atoms with Crippen LogP contribution in [0, 0.1) is 0 Å². The summed E-state index contributed by atoms with van der Waals surface area (Å²) in [4.78, 5) is 3.63. The summed E-state index contributed by atoms with van der Waals surface area (Å²) in [6.45, 7) is 0. The Balaban J connectivity index is 3.37. The largest absolute Gasteiger partial charge is 0.494 e. The molecule has 0 amide bonds. The molecule has 6 nitrogen and oxygen atoms in total. The van der Waals surface area contributed by atoms with Gasteiger partial charge in [-0.05, 0) is 0 Å². The third-order valence-electron chi connectivity index (χ3n) is 1.54. The lowest BCUT2D eigenvalue weighted by molar-refractivity contribution is 0.379. The zero-order valence-corrected chi connectivity index (χ0v) is 8.54. The number of ether oxygens (including phenoxy) is 2. The molecule has 14 heavy (non-hydrogen) atoms. The average molecular weight is 218 g/mol. The summed E-state index contributed by atoms with van der Waals surface area (Å²) in [5, 5.41) is 4.97. The van der Waals surface area contributed by atoms with Crippen LogP contribution in [0.25, 0.3) is 0 Å². The van der Waals surface area contributed by atoms with Crippen LogP contribution in [-0.4, -0.2) is 27.6 Å². The van der Waals surface area contributed by atoms with E-state index in [2.05, 4.69) is 4.98 Å². The van der Waals surface area contributed by atoms with Gasteiger partial charge in [0.2, 0.25) is 15.9 Å². The highest BCUT2D eigenvalue weighted by atomic mass is 32.2. The summed E-state index contributed by atoms with van der Waals surface area (Å²) in [5.74, 6) is 0.253. The van der Waals surface area contributed by atoms with Crippen LogP contribution in [-0.2, 0) is 10.0 Å². The van der Waals surface area contributed by atoms with Gasteiger partial charge >= 0.3 is 0 Å². The Morgan fingerprint density at radius 2 is 2.00 bits per heavy atom. The van der Waals surface area contributed by atoms with Crippen molar-refractivity contribution in [3.63, 3.8) is 0 Å². The second-order valence-corrected chi connectivity index (χ2v) is 3.95. The number of methoxy groups -OCH3 is 2. The van der Waals surface area contributed by atoms with Crippen LogP contribution in [0.5, 0.6) is 11.6 Å². The lowest BCUT2D eigenvalue weighted by atomic mass is 10.4. The molecule has 0 saturated heterocycles. The molecule has 1 heterocycles. The molecule has 1 rings (SSSR count). The Labute approximate surface area is 81.7 Å². The maximum Gasteiger partial charge on any atom is 0.241 e. The van der Waals surface area contributed by atoms with E-state index in [0.717, 1.165) is 0 Å². The predicted molar refractivity (Wildman–Crippen MR) is 48.7 cm³/mol. The minimum Gasteiger partial charge on any atom is -0.494 e. The highest BCUT2D eigenvalue weighted by Crippen LogP contribution is 2.24. The van der Waals surface area contributed by atoms with Gasteiger partial charge in [-0.25, -0.2) is 18.5 Å². The second kappa shape index (κ2) is 3.81. The number of rotatable bonds is 3. The van der Waals surface area contributed by atoms with Gasteiger partial charge in [-0.2, -0.15) is 0 Å². The van der Waals surface area contributed by atoms with Crippen LogP contribution < -0.4 is 14.6 Å². The number of nitrogens with zero attached hydrogens (tertiary/aromatic N) is 1. The highest BCUT2D eigenvalue weighted by Gasteiger charge is 2.16. The van der Waals surface area contributed by atoms with E-state index in [9.17, 15) is 8.42 Å². The SMILES string of the molecule is COc1cc(S(N)(=O)=O)c(OC)cn1. The minimum atomic E-state index is -3.82. The molecule has 0 unspecified atom stereocenters. The summed E-state index contributed by atoms with van der Waals surface area (Å²) < 4.78 is 31.7. The number of hydrogen-bond donors (Lipinski definition) is 1. The summed E-state index contributed by atoms with van der Waals surface area (Å²) >= 11 is 0. The Morgan fingerprint density at radius 1 is 1.36 bits per heavy atom. The first kappa shape index (κ1) is 10.7. The molecule has 0 radical (unpaired) electrons. The Bertz CT molecular complexity index is 429. The summed E-state index contributed by atoms with van der Waals surface area (Å²) in [7, 11) is -1.11. The lowest BCUT2D eigenvalue weighted by Crippen LogP contribution is -2.13. The van der Waals surface area contributed by atoms with Crippen LogP contribution in [0.1, 0.15) is 0 Å². The van der Waals surface area contributed by atoms with Gasteiger partial charge in [0, 0.05) is 6.07 Å². The number of pyridine rings is 1. The van der Waals surface area contributed by atoms with Crippen molar-refractivity contribution in [2.24, 2.45) is 5.14 Å². The number of aromatic nitrogens is 1. The number of primary sulfonamides is 1. The van der Waals surface area contributed by atoms with Crippen LogP contribution in [0.15, 0.2) is 17.2 Å². The molecule has 0 fully saturated rings. The fourth-order valence-corrected chi connectivity index (χ4v) is 1.58.